The van der Waals surface area contributed by atoms with Gasteiger partial charge in [0.1, 0.15) is 0 Å². The number of hydrogen-bond donors (Lipinski definition) is 1. The number of nitrogens with one attached hydrogen (secondary N) is 1. The van der Waals surface area contributed by atoms with Crippen LogP contribution in [0.2, 0.25) is 5.02 Å². The number of para-hydroxylation sites is 1. The van der Waals surface area contributed by atoms with Crippen LogP contribution in [0.1, 0.15) is 17.5 Å². The van der Waals surface area contributed by atoms with Crippen LogP contribution in [0.3, 0.4) is 0 Å². The average molecular weight is 350 g/mol. The zero-order valence-electron chi connectivity index (χ0n) is 12.4. The second kappa shape index (κ2) is 6.34. The van der Waals surface area contributed by atoms with Crippen LogP contribution in [-0.4, -0.2) is 20.1 Å². The molecule has 6 heteroatoms. The van der Waals surface area contributed by atoms with Crippen molar-refractivity contribution >= 4 is 33.0 Å². The first kappa shape index (κ1) is 16.0. The summed E-state index contributed by atoms with van der Waals surface area (Å²) in [6, 6.07) is 12.2. The monoisotopic (exact) mass is 349 g/mol. The largest absolute Gasteiger partial charge is 0.324 e. The van der Waals surface area contributed by atoms with Gasteiger partial charge in [-0.3, -0.25) is 4.79 Å². The molecule has 0 saturated carbocycles. The van der Waals surface area contributed by atoms with E-state index in [1.807, 2.05) is 6.07 Å². The Morgan fingerprint density at radius 1 is 1.17 bits per heavy atom. The highest BCUT2D eigenvalue weighted by Gasteiger charge is 2.23. The van der Waals surface area contributed by atoms with E-state index in [1.54, 1.807) is 36.4 Å². The standard InChI is InChI=1S/C17H16ClNO3S/c18-14-5-1-2-6-15(14)19-17(20)11-12-7-8-16-13(10-12)4-3-9-23(16,21)22/h1-2,5-8,10H,3-4,9,11H2,(H,19,20). The van der Waals surface area contributed by atoms with E-state index < -0.39 is 9.84 Å². The molecule has 0 unspecified atom stereocenters. The Hall–Kier alpha value is -1.85. The molecular weight excluding hydrogens is 334 g/mol. The van der Waals surface area contributed by atoms with E-state index in [9.17, 15) is 13.2 Å². The van der Waals surface area contributed by atoms with Crippen molar-refractivity contribution in [2.24, 2.45) is 0 Å². The van der Waals surface area contributed by atoms with Crippen LogP contribution in [0.25, 0.3) is 0 Å². The molecular formula is C17H16ClNO3S. The van der Waals surface area contributed by atoms with Crippen molar-refractivity contribution < 1.29 is 13.2 Å². The summed E-state index contributed by atoms with van der Waals surface area (Å²) in [6.07, 6.45) is 1.54. The van der Waals surface area contributed by atoms with Gasteiger partial charge in [0.25, 0.3) is 0 Å². The molecule has 0 saturated heterocycles. The highest BCUT2D eigenvalue weighted by molar-refractivity contribution is 7.91. The van der Waals surface area contributed by atoms with Gasteiger partial charge in [0, 0.05) is 0 Å². The van der Waals surface area contributed by atoms with Crippen LogP contribution in [-0.2, 0) is 27.5 Å². The molecule has 1 N–H and O–H groups in total. The van der Waals surface area contributed by atoms with Crippen LogP contribution < -0.4 is 5.32 Å². The SMILES string of the molecule is O=C(Cc1ccc2c(c1)CCCS2(=O)=O)Nc1ccccc1Cl. The van der Waals surface area contributed by atoms with Crippen molar-refractivity contribution in [3.8, 4) is 0 Å². The Morgan fingerprint density at radius 3 is 2.74 bits per heavy atom. The summed E-state index contributed by atoms with van der Waals surface area (Å²) >= 11 is 6.02. The molecule has 120 valence electrons. The van der Waals surface area contributed by atoms with Gasteiger partial charge in [0.05, 0.1) is 27.8 Å². The number of benzene rings is 2. The lowest BCUT2D eigenvalue weighted by Crippen LogP contribution is -2.18. The number of carbonyl (C=O) groups excluding carboxylic acids is 1. The molecule has 0 aromatic heterocycles. The predicted molar refractivity (Wildman–Crippen MR) is 90.6 cm³/mol. The van der Waals surface area contributed by atoms with Crippen LogP contribution in [0.4, 0.5) is 5.69 Å². The van der Waals surface area contributed by atoms with E-state index in [2.05, 4.69) is 5.32 Å². The lowest BCUT2D eigenvalue weighted by Gasteiger charge is -2.17. The summed E-state index contributed by atoms with van der Waals surface area (Å²) in [5.74, 6) is 0.0171. The quantitative estimate of drug-likeness (QED) is 0.925. The van der Waals surface area contributed by atoms with E-state index >= 15 is 0 Å². The van der Waals surface area contributed by atoms with Crippen molar-refractivity contribution in [3.63, 3.8) is 0 Å². The average Bonchev–Trinajstić information content (AvgIpc) is 2.49. The molecule has 0 aliphatic carbocycles. The number of halogens is 1. The third kappa shape index (κ3) is 3.57. The predicted octanol–water partition coefficient (Wildman–Crippen LogP) is 3.24. The van der Waals surface area contributed by atoms with Crippen molar-refractivity contribution in [2.45, 2.75) is 24.2 Å². The molecule has 0 bridgehead atoms. The third-order valence-electron chi connectivity index (χ3n) is 3.83. The summed E-state index contributed by atoms with van der Waals surface area (Å²) in [7, 11) is -3.16. The minimum Gasteiger partial charge on any atom is -0.324 e. The van der Waals surface area contributed by atoms with E-state index in [0.29, 0.717) is 22.0 Å². The summed E-state index contributed by atoms with van der Waals surface area (Å²) < 4.78 is 24.0. The molecule has 0 atom stereocenters. The van der Waals surface area contributed by atoms with Crippen LogP contribution >= 0.6 is 11.6 Å². The molecule has 0 fully saturated rings. The maximum absolute atomic E-state index is 12.1. The highest BCUT2D eigenvalue weighted by atomic mass is 35.5. The number of aryl methyl sites for hydroxylation is 1. The lowest BCUT2D eigenvalue weighted by atomic mass is 10.0. The summed E-state index contributed by atoms with van der Waals surface area (Å²) in [5.41, 5.74) is 2.17. The number of anilines is 1. The number of fused-ring (bicyclic) bond motifs is 1. The Morgan fingerprint density at radius 2 is 1.96 bits per heavy atom. The van der Waals surface area contributed by atoms with Gasteiger partial charge in [-0.15, -0.1) is 0 Å². The molecule has 3 rings (SSSR count). The summed E-state index contributed by atoms with van der Waals surface area (Å²) in [4.78, 5) is 12.5. The highest BCUT2D eigenvalue weighted by Crippen LogP contribution is 2.26. The van der Waals surface area contributed by atoms with Gasteiger partial charge in [-0.05, 0) is 42.2 Å². The van der Waals surface area contributed by atoms with Gasteiger partial charge in [-0.25, -0.2) is 8.42 Å². The summed E-state index contributed by atoms with van der Waals surface area (Å²) in [6.45, 7) is 0. The molecule has 23 heavy (non-hydrogen) atoms. The van der Waals surface area contributed by atoms with Crippen molar-refractivity contribution in [1.29, 1.82) is 0 Å². The number of carbonyl (C=O) groups is 1. The first-order valence-electron chi connectivity index (χ1n) is 7.35. The number of sulfone groups is 1. The Labute approximate surface area is 140 Å². The molecule has 0 spiro atoms. The zero-order valence-corrected chi connectivity index (χ0v) is 14.0. The van der Waals surface area contributed by atoms with Gasteiger partial charge in [-0.1, -0.05) is 35.9 Å². The first-order chi connectivity index (χ1) is 11.0. The van der Waals surface area contributed by atoms with Crippen molar-refractivity contribution in [3.05, 3.63) is 58.6 Å². The van der Waals surface area contributed by atoms with Crippen LogP contribution in [0.5, 0.6) is 0 Å². The van der Waals surface area contributed by atoms with Crippen LogP contribution in [0, 0.1) is 0 Å². The smallest absolute Gasteiger partial charge is 0.228 e. The van der Waals surface area contributed by atoms with Gasteiger partial charge in [0.15, 0.2) is 9.84 Å². The topological polar surface area (TPSA) is 63.2 Å². The molecule has 4 nitrogen and oxygen atoms in total. The van der Waals surface area contributed by atoms with Crippen molar-refractivity contribution in [1.82, 2.24) is 0 Å². The molecule has 1 heterocycles. The number of amides is 1. The fourth-order valence-corrected chi connectivity index (χ4v) is 4.51. The Bertz CT molecular complexity index is 862. The second-order valence-electron chi connectivity index (χ2n) is 5.57. The van der Waals surface area contributed by atoms with Gasteiger partial charge in [0.2, 0.25) is 5.91 Å². The Kier molecular flexibility index (Phi) is 4.41. The molecule has 1 aliphatic rings. The lowest BCUT2D eigenvalue weighted by molar-refractivity contribution is -0.115. The number of hydrogen-bond acceptors (Lipinski definition) is 3. The van der Waals surface area contributed by atoms with Gasteiger partial charge < -0.3 is 5.32 Å². The van der Waals surface area contributed by atoms with E-state index in [-0.39, 0.29) is 18.1 Å². The maximum atomic E-state index is 12.1. The second-order valence-corrected chi connectivity index (χ2v) is 8.05. The molecule has 1 aliphatic heterocycles. The fraction of sp³-hybridized carbons (Fsp3) is 0.235. The van der Waals surface area contributed by atoms with E-state index in [1.165, 1.54) is 0 Å². The van der Waals surface area contributed by atoms with Crippen LogP contribution in [0.15, 0.2) is 47.4 Å². The fourth-order valence-electron chi connectivity index (χ4n) is 2.75. The van der Waals surface area contributed by atoms with E-state index in [4.69, 9.17) is 11.6 Å². The zero-order chi connectivity index (χ0) is 16.4. The minimum absolute atomic E-state index is 0.179. The molecule has 0 radical (unpaired) electrons. The van der Waals surface area contributed by atoms with Gasteiger partial charge in [-0.2, -0.15) is 0 Å². The van der Waals surface area contributed by atoms with Crippen molar-refractivity contribution in [2.75, 3.05) is 11.1 Å². The molecule has 1 amide bonds. The molecule has 2 aromatic rings. The van der Waals surface area contributed by atoms with Gasteiger partial charge >= 0.3 is 0 Å². The molecule has 2 aromatic carbocycles. The van der Waals surface area contributed by atoms with E-state index in [0.717, 1.165) is 17.5 Å². The normalized spacial score (nSPS) is 15.7. The first-order valence-corrected chi connectivity index (χ1v) is 9.38. The third-order valence-corrected chi connectivity index (χ3v) is 6.06. The minimum atomic E-state index is -3.16. The number of rotatable bonds is 3. The maximum Gasteiger partial charge on any atom is 0.228 e. The summed E-state index contributed by atoms with van der Waals surface area (Å²) in [5, 5.41) is 3.25. The Balaban J connectivity index is 1.76.